The van der Waals surface area contributed by atoms with Crippen LogP contribution in [0.5, 0.6) is 17.2 Å². The molecular weight excluding hydrogens is 244 g/mol. The first-order valence-electron chi connectivity index (χ1n) is 5.98. The van der Waals surface area contributed by atoms with Crippen LogP contribution in [0.4, 0.5) is 0 Å². The smallest absolute Gasteiger partial charge is 0.345 e. The van der Waals surface area contributed by atoms with E-state index in [1.165, 1.54) is 0 Å². The number of hydrogen-bond donors (Lipinski definition) is 1. The van der Waals surface area contributed by atoms with Gasteiger partial charge in [0.15, 0.2) is 6.10 Å². The van der Waals surface area contributed by atoms with Crippen molar-refractivity contribution in [1.82, 2.24) is 0 Å². The lowest BCUT2D eigenvalue weighted by molar-refractivity contribution is -0.144. The molecule has 4 heteroatoms. The molecule has 0 bridgehead atoms. The zero-order valence-electron chi connectivity index (χ0n) is 10.1. The SMILES string of the molecule is O=C(O)C1Cc2c(Oc3ccccc3)cccc2O1. The Morgan fingerprint density at radius 2 is 1.95 bits per heavy atom. The van der Waals surface area contributed by atoms with Crippen LogP contribution in [0.15, 0.2) is 48.5 Å². The number of para-hydroxylation sites is 1. The Morgan fingerprint density at radius 1 is 1.16 bits per heavy atom. The van der Waals surface area contributed by atoms with Gasteiger partial charge >= 0.3 is 5.97 Å². The van der Waals surface area contributed by atoms with Crippen molar-refractivity contribution in [3.05, 3.63) is 54.1 Å². The fourth-order valence-electron chi connectivity index (χ4n) is 2.09. The van der Waals surface area contributed by atoms with Crippen molar-refractivity contribution in [3.63, 3.8) is 0 Å². The van der Waals surface area contributed by atoms with E-state index < -0.39 is 12.1 Å². The fraction of sp³-hybridized carbons (Fsp3) is 0.133. The minimum absolute atomic E-state index is 0.327. The Hall–Kier alpha value is -2.49. The first-order valence-corrected chi connectivity index (χ1v) is 5.98. The lowest BCUT2D eigenvalue weighted by Gasteiger charge is -2.08. The molecule has 1 N–H and O–H groups in total. The van der Waals surface area contributed by atoms with E-state index in [-0.39, 0.29) is 0 Å². The molecular formula is C15H12O4. The Labute approximate surface area is 110 Å². The zero-order chi connectivity index (χ0) is 13.2. The molecule has 1 unspecified atom stereocenters. The second kappa shape index (κ2) is 4.65. The number of aliphatic carboxylic acids is 1. The highest BCUT2D eigenvalue weighted by Gasteiger charge is 2.31. The number of rotatable bonds is 3. The molecule has 0 aromatic heterocycles. The first kappa shape index (κ1) is 11.6. The molecule has 0 aliphatic carbocycles. The maximum Gasteiger partial charge on any atom is 0.345 e. The standard InChI is InChI=1S/C15H12O4/c16-15(17)14-9-11-12(7-4-8-13(11)19-14)18-10-5-2-1-3-6-10/h1-8,14H,9H2,(H,16,17). The number of benzene rings is 2. The lowest BCUT2D eigenvalue weighted by Crippen LogP contribution is -2.24. The van der Waals surface area contributed by atoms with Gasteiger partial charge in [0.05, 0.1) is 0 Å². The molecule has 3 rings (SSSR count). The highest BCUT2D eigenvalue weighted by molar-refractivity contribution is 5.75. The summed E-state index contributed by atoms with van der Waals surface area (Å²) in [6.45, 7) is 0. The van der Waals surface area contributed by atoms with Gasteiger partial charge in [-0.3, -0.25) is 0 Å². The largest absolute Gasteiger partial charge is 0.478 e. The molecule has 1 aliphatic rings. The molecule has 0 fully saturated rings. The summed E-state index contributed by atoms with van der Waals surface area (Å²) in [5.41, 5.74) is 0.804. The average molecular weight is 256 g/mol. The Morgan fingerprint density at radius 3 is 2.68 bits per heavy atom. The van der Waals surface area contributed by atoms with Crippen LogP contribution in [0.3, 0.4) is 0 Å². The summed E-state index contributed by atoms with van der Waals surface area (Å²) >= 11 is 0. The number of ether oxygens (including phenoxy) is 2. The van der Waals surface area contributed by atoms with Crippen LogP contribution in [-0.4, -0.2) is 17.2 Å². The Bertz CT molecular complexity index is 607. The lowest BCUT2D eigenvalue weighted by atomic mass is 10.1. The third-order valence-corrected chi connectivity index (χ3v) is 3.00. The third kappa shape index (κ3) is 2.25. The van der Waals surface area contributed by atoms with Crippen molar-refractivity contribution in [2.75, 3.05) is 0 Å². The van der Waals surface area contributed by atoms with Crippen molar-refractivity contribution in [1.29, 1.82) is 0 Å². The highest BCUT2D eigenvalue weighted by atomic mass is 16.5. The molecule has 0 saturated carbocycles. The molecule has 4 nitrogen and oxygen atoms in total. The van der Waals surface area contributed by atoms with E-state index in [1.807, 2.05) is 36.4 Å². The van der Waals surface area contributed by atoms with E-state index in [9.17, 15) is 4.79 Å². The van der Waals surface area contributed by atoms with E-state index in [2.05, 4.69) is 0 Å². The van der Waals surface area contributed by atoms with Gasteiger partial charge in [-0.1, -0.05) is 24.3 Å². The fourth-order valence-corrected chi connectivity index (χ4v) is 2.09. The van der Waals surface area contributed by atoms with Crippen LogP contribution in [0.2, 0.25) is 0 Å². The van der Waals surface area contributed by atoms with Crippen LogP contribution in [0.25, 0.3) is 0 Å². The van der Waals surface area contributed by atoms with E-state index in [1.54, 1.807) is 12.1 Å². The van der Waals surface area contributed by atoms with Gasteiger partial charge in [0, 0.05) is 12.0 Å². The number of carboxylic acid groups (broad SMARTS) is 1. The van der Waals surface area contributed by atoms with Gasteiger partial charge in [-0.2, -0.15) is 0 Å². The monoisotopic (exact) mass is 256 g/mol. The van der Waals surface area contributed by atoms with Crippen LogP contribution in [-0.2, 0) is 11.2 Å². The van der Waals surface area contributed by atoms with Gasteiger partial charge in [0.2, 0.25) is 0 Å². The summed E-state index contributed by atoms with van der Waals surface area (Å²) in [5.74, 6) is 0.991. The Balaban J connectivity index is 1.89. The second-order valence-corrected chi connectivity index (χ2v) is 4.30. The summed E-state index contributed by atoms with van der Waals surface area (Å²) < 4.78 is 11.1. The zero-order valence-corrected chi connectivity index (χ0v) is 10.1. The maximum atomic E-state index is 11.0. The first-order chi connectivity index (χ1) is 9.24. The quantitative estimate of drug-likeness (QED) is 0.917. The Kier molecular flexibility index (Phi) is 2.83. The van der Waals surface area contributed by atoms with Crippen LogP contribution < -0.4 is 9.47 Å². The van der Waals surface area contributed by atoms with Gasteiger partial charge in [-0.25, -0.2) is 4.79 Å². The molecule has 1 heterocycles. The maximum absolute atomic E-state index is 11.0. The average Bonchev–Trinajstić information content (AvgIpc) is 2.85. The van der Waals surface area contributed by atoms with E-state index in [4.69, 9.17) is 14.6 Å². The van der Waals surface area contributed by atoms with Crippen molar-refractivity contribution in [2.24, 2.45) is 0 Å². The summed E-state index contributed by atoms with van der Waals surface area (Å²) in [6.07, 6.45) is -0.497. The van der Waals surface area contributed by atoms with Gasteiger partial charge in [0.25, 0.3) is 0 Å². The second-order valence-electron chi connectivity index (χ2n) is 4.30. The third-order valence-electron chi connectivity index (χ3n) is 3.00. The van der Waals surface area contributed by atoms with E-state index >= 15 is 0 Å². The highest BCUT2D eigenvalue weighted by Crippen LogP contribution is 2.37. The van der Waals surface area contributed by atoms with E-state index in [0.717, 1.165) is 11.3 Å². The number of hydrogen-bond acceptors (Lipinski definition) is 3. The molecule has 0 amide bonds. The normalized spacial score (nSPS) is 16.5. The summed E-state index contributed by atoms with van der Waals surface area (Å²) in [4.78, 5) is 11.0. The van der Waals surface area contributed by atoms with Crippen LogP contribution >= 0.6 is 0 Å². The summed E-state index contributed by atoms with van der Waals surface area (Å²) in [7, 11) is 0. The van der Waals surface area contributed by atoms with Crippen LogP contribution in [0, 0.1) is 0 Å². The van der Waals surface area contributed by atoms with E-state index in [0.29, 0.717) is 17.9 Å². The minimum atomic E-state index is -0.957. The van der Waals surface area contributed by atoms with Crippen molar-refractivity contribution < 1.29 is 19.4 Å². The van der Waals surface area contributed by atoms with Gasteiger partial charge in [0.1, 0.15) is 17.2 Å². The number of carbonyl (C=O) groups is 1. The summed E-state index contributed by atoms with van der Waals surface area (Å²) in [5, 5.41) is 9.00. The molecule has 19 heavy (non-hydrogen) atoms. The van der Waals surface area contributed by atoms with Crippen molar-refractivity contribution >= 4 is 5.97 Å². The molecule has 96 valence electrons. The minimum Gasteiger partial charge on any atom is -0.478 e. The number of fused-ring (bicyclic) bond motifs is 1. The van der Waals surface area contributed by atoms with Gasteiger partial charge in [-0.05, 0) is 24.3 Å². The summed E-state index contributed by atoms with van der Waals surface area (Å²) in [6, 6.07) is 14.8. The number of carboxylic acids is 1. The predicted molar refractivity (Wildman–Crippen MR) is 68.7 cm³/mol. The molecule has 0 saturated heterocycles. The predicted octanol–water partition coefficient (Wildman–Crippen LogP) is 2.87. The molecule has 1 aliphatic heterocycles. The topological polar surface area (TPSA) is 55.8 Å². The van der Waals surface area contributed by atoms with Gasteiger partial charge < -0.3 is 14.6 Å². The molecule has 0 radical (unpaired) electrons. The van der Waals surface area contributed by atoms with Crippen LogP contribution in [0.1, 0.15) is 5.56 Å². The molecule has 0 spiro atoms. The van der Waals surface area contributed by atoms with Crippen molar-refractivity contribution in [3.8, 4) is 17.2 Å². The van der Waals surface area contributed by atoms with Gasteiger partial charge in [-0.15, -0.1) is 0 Å². The molecule has 1 atom stereocenters. The molecule has 2 aromatic carbocycles. The van der Waals surface area contributed by atoms with Crippen molar-refractivity contribution in [2.45, 2.75) is 12.5 Å². The molecule has 2 aromatic rings.